The molecule has 1 aliphatic rings. The number of imide groups is 1. The molecule has 2 N–H and O–H groups in total. The number of benzene rings is 1. The first kappa shape index (κ1) is 18.8. The monoisotopic (exact) mass is 384 g/mol. The van der Waals surface area contributed by atoms with Gasteiger partial charge in [0.1, 0.15) is 5.00 Å². The standard InChI is InChI=1S/C20H20N2O4S/c1-26-20(25)22-18(24)17-14-9-5-6-10-15(14)27-19(17)21-16(23)12-11-13-7-3-2-4-8-13/h2-4,7-8,11-12H,5-6,9-10H2,1H3,(H,21,23)(H,22,24,25)/b12-11+. The Kier molecular flexibility index (Phi) is 6.03. The fraction of sp³-hybridized carbons (Fsp3) is 0.250. The number of methoxy groups -OCH3 is 1. The van der Waals surface area contributed by atoms with Crippen molar-refractivity contribution in [2.24, 2.45) is 0 Å². The highest BCUT2D eigenvalue weighted by atomic mass is 32.1. The van der Waals surface area contributed by atoms with Crippen LogP contribution in [0, 0.1) is 0 Å². The Morgan fingerprint density at radius 1 is 1.11 bits per heavy atom. The quantitative estimate of drug-likeness (QED) is 0.786. The first-order valence-corrected chi connectivity index (χ1v) is 9.48. The molecule has 0 atom stereocenters. The molecule has 0 saturated heterocycles. The number of ether oxygens (including phenoxy) is 1. The second kappa shape index (κ2) is 8.64. The van der Waals surface area contributed by atoms with Gasteiger partial charge in [-0.2, -0.15) is 0 Å². The number of amides is 3. The van der Waals surface area contributed by atoms with Gasteiger partial charge in [0.2, 0.25) is 5.91 Å². The summed E-state index contributed by atoms with van der Waals surface area (Å²) < 4.78 is 4.51. The number of carbonyl (C=O) groups excluding carboxylic acids is 3. The van der Waals surface area contributed by atoms with Crippen molar-refractivity contribution in [1.82, 2.24) is 5.32 Å². The topological polar surface area (TPSA) is 84.5 Å². The zero-order chi connectivity index (χ0) is 19.2. The molecule has 0 saturated carbocycles. The lowest BCUT2D eigenvalue weighted by atomic mass is 9.95. The van der Waals surface area contributed by atoms with E-state index in [4.69, 9.17) is 0 Å². The number of hydrogen-bond acceptors (Lipinski definition) is 5. The Bertz CT molecular complexity index is 887. The fourth-order valence-electron chi connectivity index (χ4n) is 2.99. The van der Waals surface area contributed by atoms with Crippen LogP contribution < -0.4 is 10.6 Å². The van der Waals surface area contributed by atoms with Crippen molar-refractivity contribution in [2.75, 3.05) is 12.4 Å². The summed E-state index contributed by atoms with van der Waals surface area (Å²) in [5.74, 6) is -0.881. The summed E-state index contributed by atoms with van der Waals surface area (Å²) in [4.78, 5) is 37.4. The third-order valence-electron chi connectivity index (χ3n) is 4.26. The molecule has 0 spiro atoms. The van der Waals surface area contributed by atoms with Gasteiger partial charge in [-0.25, -0.2) is 4.79 Å². The summed E-state index contributed by atoms with van der Waals surface area (Å²) in [5, 5.41) is 5.44. The van der Waals surface area contributed by atoms with Crippen LogP contribution in [0.2, 0.25) is 0 Å². The van der Waals surface area contributed by atoms with E-state index in [1.54, 1.807) is 6.08 Å². The van der Waals surface area contributed by atoms with Crippen molar-refractivity contribution in [3.63, 3.8) is 0 Å². The van der Waals surface area contributed by atoms with Crippen molar-refractivity contribution in [3.05, 3.63) is 58.0 Å². The van der Waals surface area contributed by atoms with E-state index < -0.39 is 12.0 Å². The van der Waals surface area contributed by atoms with Crippen LogP contribution in [0.15, 0.2) is 36.4 Å². The summed E-state index contributed by atoms with van der Waals surface area (Å²) in [6.07, 6.45) is 5.96. The summed E-state index contributed by atoms with van der Waals surface area (Å²) in [6, 6.07) is 9.46. The predicted octanol–water partition coefficient (Wildman–Crippen LogP) is 3.78. The highest BCUT2D eigenvalue weighted by Crippen LogP contribution is 2.38. The molecule has 7 heteroatoms. The third kappa shape index (κ3) is 4.62. The van der Waals surface area contributed by atoms with Gasteiger partial charge >= 0.3 is 6.09 Å². The minimum Gasteiger partial charge on any atom is -0.453 e. The molecule has 0 bridgehead atoms. The van der Waals surface area contributed by atoms with Crippen molar-refractivity contribution >= 4 is 40.3 Å². The summed E-state index contributed by atoms with van der Waals surface area (Å²) in [6.45, 7) is 0. The van der Waals surface area contributed by atoms with E-state index >= 15 is 0 Å². The Morgan fingerprint density at radius 3 is 2.59 bits per heavy atom. The maximum atomic E-state index is 12.6. The lowest BCUT2D eigenvalue weighted by Crippen LogP contribution is -2.31. The molecule has 6 nitrogen and oxygen atoms in total. The molecule has 2 aromatic rings. The number of anilines is 1. The number of rotatable bonds is 4. The van der Waals surface area contributed by atoms with E-state index in [9.17, 15) is 14.4 Å². The minimum atomic E-state index is -0.822. The molecule has 140 valence electrons. The average molecular weight is 384 g/mol. The molecule has 0 fully saturated rings. The van der Waals surface area contributed by atoms with Crippen LogP contribution in [0.25, 0.3) is 6.08 Å². The largest absolute Gasteiger partial charge is 0.453 e. The van der Waals surface area contributed by atoms with Crippen LogP contribution in [0.1, 0.15) is 39.2 Å². The number of alkyl carbamates (subject to hydrolysis) is 1. The van der Waals surface area contributed by atoms with Crippen LogP contribution >= 0.6 is 11.3 Å². The summed E-state index contributed by atoms with van der Waals surface area (Å²) in [5.41, 5.74) is 2.18. The maximum Gasteiger partial charge on any atom is 0.413 e. The van der Waals surface area contributed by atoms with Gasteiger partial charge in [0, 0.05) is 11.0 Å². The summed E-state index contributed by atoms with van der Waals surface area (Å²) in [7, 11) is 1.20. The van der Waals surface area contributed by atoms with E-state index in [0.717, 1.165) is 41.7 Å². The second-order valence-corrected chi connectivity index (χ2v) is 7.20. The number of fused-ring (bicyclic) bond motifs is 1. The van der Waals surface area contributed by atoms with Crippen molar-refractivity contribution in [3.8, 4) is 0 Å². The molecular formula is C20H20N2O4S. The third-order valence-corrected chi connectivity index (χ3v) is 5.47. The Balaban J connectivity index is 1.82. The zero-order valence-corrected chi connectivity index (χ0v) is 15.7. The average Bonchev–Trinajstić information content (AvgIpc) is 3.04. The first-order valence-electron chi connectivity index (χ1n) is 8.66. The van der Waals surface area contributed by atoms with Gasteiger partial charge in [0.05, 0.1) is 12.7 Å². The molecule has 0 radical (unpaired) electrons. The number of carbonyl (C=O) groups is 3. The molecular weight excluding hydrogens is 364 g/mol. The van der Waals surface area contributed by atoms with Gasteiger partial charge in [-0.05, 0) is 42.9 Å². The van der Waals surface area contributed by atoms with Crippen molar-refractivity contribution in [2.45, 2.75) is 25.7 Å². The Morgan fingerprint density at radius 2 is 1.85 bits per heavy atom. The van der Waals surface area contributed by atoms with Crippen LogP contribution in [-0.2, 0) is 22.4 Å². The Labute approximate surface area is 161 Å². The number of nitrogens with one attached hydrogen (secondary N) is 2. The van der Waals surface area contributed by atoms with E-state index in [2.05, 4.69) is 15.4 Å². The van der Waals surface area contributed by atoms with Crippen LogP contribution in [0.3, 0.4) is 0 Å². The van der Waals surface area contributed by atoms with Gasteiger partial charge in [0.25, 0.3) is 5.91 Å². The van der Waals surface area contributed by atoms with E-state index in [1.165, 1.54) is 24.5 Å². The molecule has 0 unspecified atom stereocenters. The minimum absolute atomic E-state index is 0.329. The van der Waals surface area contributed by atoms with Crippen LogP contribution in [0.4, 0.5) is 9.80 Å². The van der Waals surface area contributed by atoms with Crippen LogP contribution in [-0.4, -0.2) is 25.0 Å². The molecule has 3 rings (SSSR count). The van der Waals surface area contributed by atoms with E-state index in [0.29, 0.717) is 10.6 Å². The van der Waals surface area contributed by atoms with Gasteiger partial charge in [0.15, 0.2) is 0 Å². The van der Waals surface area contributed by atoms with Crippen LogP contribution in [0.5, 0.6) is 0 Å². The fourth-order valence-corrected chi connectivity index (χ4v) is 4.28. The van der Waals surface area contributed by atoms with Crippen molar-refractivity contribution in [1.29, 1.82) is 0 Å². The Hall–Kier alpha value is -2.93. The normalized spacial score (nSPS) is 13.1. The van der Waals surface area contributed by atoms with E-state index in [1.807, 2.05) is 30.3 Å². The van der Waals surface area contributed by atoms with Crippen molar-refractivity contribution < 1.29 is 19.1 Å². The molecule has 1 aliphatic carbocycles. The molecule has 1 aromatic carbocycles. The SMILES string of the molecule is COC(=O)NC(=O)c1c(NC(=O)/C=C/c2ccccc2)sc2c1CCCC2. The highest BCUT2D eigenvalue weighted by Gasteiger charge is 2.27. The summed E-state index contributed by atoms with van der Waals surface area (Å²) >= 11 is 1.40. The van der Waals surface area contributed by atoms with Gasteiger partial charge < -0.3 is 10.1 Å². The molecule has 0 aliphatic heterocycles. The van der Waals surface area contributed by atoms with E-state index in [-0.39, 0.29) is 5.91 Å². The van der Waals surface area contributed by atoms with Gasteiger partial charge in [-0.1, -0.05) is 30.3 Å². The first-order chi connectivity index (χ1) is 13.1. The zero-order valence-electron chi connectivity index (χ0n) is 14.9. The lowest BCUT2D eigenvalue weighted by molar-refractivity contribution is -0.111. The number of aryl methyl sites for hydroxylation is 1. The van der Waals surface area contributed by atoms with Gasteiger partial charge in [-0.3, -0.25) is 14.9 Å². The molecule has 27 heavy (non-hydrogen) atoms. The number of hydrogen-bond donors (Lipinski definition) is 2. The lowest BCUT2D eigenvalue weighted by Gasteiger charge is -2.12. The maximum absolute atomic E-state index is 12.6. The molecule has 3 amide bonds. The molecule has 1 aromatic heterocycles. The van der Waals surface area contributed by atoms with Gasteiger partial charge in [-0.15, -0.1) is 11.3 Å². The predicted molar refractivity (Wildman–Crippen MR) is 105 cm³/mol. The molecule has 1 heterocycles. The smallest absolute Gasteiger partial charge is 0.413 e. The second-order valence-electron chi connectivity index (χ2n) is 6.09. The highest BCUT2D eigenvalue weighted by molar-refractivity contribution is 7.17. The number of thiophene rings is 1.